The molecule has 0 aliphatic heterocycles. The van der Waals surface area contributed by atoms with Gasteiger partial charge in [0, 0.05) is 25.2 Å². The zero-order valence-corrected chi connectivity index (χ0v) is 39.2. The Morgan fingerprint density at radius 3 is 1.55 bits per heavy atom. The summed E-state index contributed by atoms with van der Waals surface area (Å²) in [5.74, 6) is -3.46. The first-order valence-electron chi connectivity index (χ1n) is 22.2. The van der Waals surface area contributed by atoms with Crippen molar-refractivity contribution in [1.29, 1.82) is 0 Å². The molecule has 0 amide bonds. The van der Waals surface area contributed by atoms with E-state index in [9.17, 15) is 34.0 Å². The second kappa shape index (κ2) is 37.4. The van der Waals surface area contributed by atoms with Crippen molar-refractivity contribution in [1.82, 2.24) is 0 Å². The highest BCUT2D eigenvalue weighted by Crippen LogP contribution is 2.50. The van der Waals surface area contributed by atoms with Crippen molar-refractivity contribution in [2.24, 2.45) is 0 Å². The lowest BCUT2D eigenvalue weighted by molar-refractivity contribution is -0.887. The van der Waals surface area contributed by atoms with E-state index in [1.165, 1.54) is 101 Å². The minimum Gasteiger partial charge on any atom is -0.550 e. The number of phosphoric ester groups is 1. The summed E-state index contributed by atoms with van der Waals surface area (Å²) in [4.78, 5) is 47.6. The number of likely N-dealkylation sites (N-methyl/N-ethyl adjacent to an activating group) is 1. The van der Waals surface area contributed by atoms with Crippen LogP contribution in [0.25, 0.3) is 0 Å². The Labute approximate surface area is 359 Å². The third-order valence-electron chi connectivity index (χ3n) is 9.67. The lowest BCUT2D eigenvalue weighted by Gasteiger charge is -2.30. The molecule has 0 N–H and O–H groups in total. The summed E-state index contributed by atoms with van der Waals surface area (Å²) in [6.45, 7) is 6.42. The second-order valence-corrected chi connectivity index (χ2v) is 20.0. The predicted octanol–water partition coefficient (Wildman–Crippen LogP) is 8.70. The molecule has 13 nitrogen and oxygen atoms in total. The third-order valence-corrected chi connectivity index (χ3v) is 13.9. The van der Waals surface area contributed by atoms with Gasteiger partial charge in [-0.25, -0.2) is 9.09 Å². The number of unbranched alkanes of at least 4 members (excludes halogenated alkanes) is 20. The van der Waals surface area contributed by atoms with E-state index >= 15 is 0 Å². The number of hydrogen-bond donors (Lipinski definition) is 0. The molecule has 0 heterocycles. The van der Waals surface area contributed by atoms with Gasteiger partial charge < -0.3 is 33.8 Å². The first-order chi connectivity index (χ1) is 27.8. The van der Waals surface area contributed by atoms with E-state index in [1.807, 2.05) is 14.1 Å². The number of aliphatic carboxylic acids is 2. The summed E-state index contributed by atoms with van der Waals surface area (Å²) in [5, 5.41) is 20.8. The van der Waals surface area contributed by atoms with Gasteiger partial charge >= 0.3 is 19.8 Å². The first kappa shape index (κ1) is 56.6. The van der Waals surface area contributed by atoms with E-state index in [-0.39, 0.29) is 26.1 Å². The van der Waals surface area contributed by atoms with Crippen LogP contribution in [0.2, 0.25) is 0 Å². The molecule has 58 heavy (non-hydrogen) atoms. The second-order valence-electron chi connectivity index (χ2n) is 15.7. The molecule has 0 radical (unpaired) electrons. The topological polar surface area (TPSA) is 178 Å². The van der Waals surface area contributed by atoms with E-state index < -0.39 is 56.3 Å². The van der Waals surface area contributed by atoms with Crippen molar-refractivity contribution in [3.63, 3.8) is 0 Å². The number of quaternary nitrogens is 1. The lowest BCUT2D eigenvalue weighted by Crippen LogP contribution is -2.44. The maximum Gasteiger partial charge on any atom is 0.478 e. The van der Waals surface area contributed by atoms with Gasteiger partial charge in [0.1, 0.15) is 13.2 Å². The number of rotatable bonds is 43. The highest BCUT2D eigenvalue weighted by Gasteiger charge is 2.34. The van der Waals surface area contributed by atoms with Crippen LogP contribution in [0.5, 0.6) is 0 Å². The van der Waals surface area contributed by atoms with Gasteiger partial charge in [0.05, 0.1) is 44.2 Å². The predicted molar refractivity (Wildman–Crippen MR) is 230 cm³/mol. The minimum absolute atomic E-state index is 0.0209. The number of hydrogen-bond acceptors (Lipinski definition) is 14. The lowest BCUT2D eigenvalue weighted by atomic mass is 10.1. The molecule has 342 valence electrons. The molecule has 0 aromatic carbocycles. The molecule has 0 saturated heterocycles. The van der Waals surface area contributed by atoms with Gasteiger partial charge in [0.2, 0.25) is 6.29 Å². The Morgan fingerprint density at radius 1 is 0.638 bits per heavy atom. The Hall–Kier alpha value is -1.35. The number of carboxylic acids is 2. The van der Waals surface area contributed by atoms with Crippen LogP contribution < -0.4 is 10.2 Å². The van der Waals surface area contributed by atoms with Crippen LogP contribution in [0.15, 0.2) is 0 Å². The Bertz CT molecular complexity index is 1120. The minimum atomic E-state index is -4.27. The number of carbonyl (C=O) groups is 4. The maximum absolute atomic E-state index is 13.7. The van der Waals surface area contributed by atoms with Crippen LogP contribution in [0.4, 0.5) is 0 Å². The maximum atomic E-state index is 13.7. The van der Waals surface area contributed by atoms with Crippen molar-refractivity contribution in [2.45, 2.75) is 193 Å². The molecule has 0 aromatic heterocycles. The molecular formula is C42H79NO12PS2-. The fraction of sp³-hybridized carbons (Fsp3) is 0.905. The van der Waals surface area contributed by atoms with Gasteiger partial charge in [-0.05, 0) is 19.8 Å². The normalized spacial score (nSPS) is 13.8. The molecular weight excluding hydrogens is 806 g/mol. The Morgan fingerprint density at radius 2 is 1.10 bits per heavy atom. The fourth-order valence-electron chi connectivity index (χ4n) is 6.03. The molecule has 0 rings (SSSR count). The van der Waals surface area contributed by atoms with E-state index in [0.29, 0.717) is 36.2 Å². The summed E-state index contributed by atoms with van der Waals surface area (Å²) in [6.07, 6.45) is 23.4. The van der Waals surface area contributed by atoms with Crippen molar-refractivity contribution >= 4 is 53.3 Å². The van der Waals surface area contributed by atoms with Crippen molar-refractivity contribution in [3.8, 4) is 0 Å². The summed E-state index contributed by atoms with van der Waals surface area (Å²) in [5.41, 5.74) is 0. The van der Waals surface area contributed by atoms with E-state index in [2.05, 4.69) is 13.8 Å². The molecule has 0 bridgehead atoms. The highest BCUT2D eigenvalue weighted by molar-refractivity contribution is 8.77. The number of phosphoric acid groups is 1. The largest absolute Gasteiger partial charge is 0.550 e. The highest BCUT2D eigenvalue weighted by atomic mass is 33.1. The third kappa shape index (κ3) is 35.4. The van der Waals surface area contributed by atoms with Gasteiger partial charge in [-0.1, -0.05) is 164 Å². The zero-order valence-electron chi connectivity index (χ0n) is 36.7. The van der Waals surface area contributed by atoms with Crippen molar-refractivity contribution in [2.75, 3.05) is 52.8 Å². The molecule has 0 saturated carbocycles. The van der Waals surface area contributed by atoms with Crippen LogP contribution in [0.1, 0.15) is 181 Å². The van der Waals surface area contributed by atoms with Crippen LogP contribution in [-0.2, 0) is 46.8 Å². The van der Waals surface area contributed by atoms with Crippen molar-refractivity contribution in [3.05, 3.63) is 0 Å². The molecule has 3 unspecified atom stereocenters. The average Bonchev–Trinajstić information content (AvgIpc) is 3.16. The molecule has 3 atom stereocenters. The first-order valence-corrected chi connectivity index (χ1v) is 26.0. The monoisotopic (exact) mass is 884 g/mol. The fourth-order valence-corrected chi connectivity index (χ4v) is 9.79. The number of ether oxygens (including phenoxy) is 2. The van der Waals surface area contributed by atoms with Crippen molar-refractivity contribution < 1.29 is 61.5 Å². The summed E-state index contributed by atoms with van der Waals surface area (Å²) >= 11 is 0. The molecule has 0 aliphatic rings. The molecule has 0 fully saturated rings. The van der Waals surface area contributed by atoms with Gasteiger partial charge in [0.15, 0.2) is 6.61 Å². The molecule has 16 heteroatoms. The molecule has 0 aromatic rings. The van der Waals surface area contributed by atoms with Gasteiger partial charge in [-0.3, -0.25) is 18.6 Å². The molecule has 0 aliphatic carbocycles. The zero-order chi connectivity index (χ0) is 43.3. The summed E-state index contributed by atoms with van der Waals surface area (Å²) in [6, 6.07) is 0. The average molecular weight is 885 g/mol. The molecule has 0 spiro atoms. The van der Waals surface area contributed by atoms with Gasteiger partial charge in [-0.2, -0.15) is 0 Å². The standard InChI is InChI=1S/C42H80NO12PS2/c1-6-9-11-13-15-17-19-21-23-25-27-29-39(46)51-36-41(54-40(47)30-28-26-24-22-20-18-16-14-12-10-7-2)55-56(50,52-8-3)53-33-31-43(4,5)32-34-57-58-37(42(48)49)35-38(44)45/h37,41H,6-36H2,1-5H3,(H-,44,45,48,49)/p-1. The number of nitrogens with zero attached hydrogens (tertiary/aromatic N) is 1. The van der Waals surface area contributed by atoms with Crippen LogP contribution in [-0.4, -0.2) is 92.7 Å². The van der Waals surface area contributed by atoms with E-state index in [1.54, 1.807) is 6.92 Å². The van der Waals surface area contributed by atoms with Crippen LogP contribution in [0, 0.1) is 0 Å². The summed E-state index contributed by atoms with van der Waals surface area (Å²) < 4.78 is 41.8. The SMILES string of the molecule is CCCCCCCCCCCCCC(=O)OCC(OC(=O)CCCCCCCCCCCCC)OP(=O)(OCC)OCC[N+](C)(C)CCSSC(CC(=O)[O-])C(=O)[O-]. The van der Waals surface area contributed by atoms with E-state index in [0.717, 1.165) is 49.3 Å². The number of esters is 2. The van der Waals surface area contributed by atoms with Gasteiger partial charge in [-0.15, -0.1) is 0 Å². The summed E-state index contributed by atoms with van der Waals surface area (Å²) in [7, 11) is 1.63. The van der Waals surface area contributed by atoms with Crippen LogP contribution >= 0.6 is 29.4 Å². The quantitative estimate of drug-likeness (QED) is 0.0142. The number of carbonyl (C=O) groups excluding carboxylic acids is 4. The van der Waals surface area contributed by atoms with Crippen LogP contribution in [0.3, 0.4) is 0 Å². The Kier molecular flexibility index (Phi) is 36.5. The van der Waals surface area contributed by atoms with E-state index in [4.69, 9.17) is 23.0 Å². The number of carboxylic acid groups (broad SMARTS) is 2. The Balaban J connectivity index is 5.06. The van der Waals surface area contributed by atoms with Gasteiger partial charge in [0.25, 0.3) is 0 Å². The smallest absolute Gasteiger partial charge is 0.478 e.